The van der Waals surface area contributed by atoms with Gasteiger partial charge in [-0.25, -0.2) is 0 Å². The summed E-state index contributed by atoms with van der Waals surface area (Å²) in [6.45, 7) is 4.65. The molecule has 0 radical (unpaired) electrons. The van der Waals surface area contributed by atoms with Crippen molar-refractivity contribution >= 4 is 17.6 Å². The molecule has 0 aromatic rings. The summed E-state index contributed by atoms with van der Waals surface area (Å²) in [6.07, 6.45) is 0.163. The molecule has 0 bridgehead atoms. The highest BCUT2D eigenvalue weighted by Gasteiger charge is 2.26. The van der Waals surface area contributed by atoms with Crippen molar-refractivity contribution < 1.29 is 19.5 Å². The van der Waals surface area contributed by atoms with Crippen molar-refractivity contribution in [2.45, 2.75) is 20.3 Å². The van der Waals surface area contributed by atoms with Crippen LogP contribution >= 0.6 is 0 Å². The van der Waals surface area contributed by atoms with E-state index in [1.807, 2.05) is 0 Å². The lowest BCUT2D eigenvalue weighted by atomic mass is 9.94. The molecule has 1 atom stereocenters. The van der Waals surface area contributed by atoms with Gasteiger partial charge in [0.15, 0.2) is 5.84 Å². The van der Waals surface area contributed by atoms with Gasteiger partial charge in [0.1, 0.15) is 5.92 Å². The molecule has 0 heterocycles. The van der Waals surface area contributed by atoms with Gasteiger partial charge in [-0.2, -0.15) is 0 Å². The lowest BCUT2D eigenvalue weighted by Crippen LogP contribution is -2.43. The Morgan fingerprint density at radius 2 is 1.95 bits per heavy atom. The standard InChI is InChI=1S/C12H24N4O4/c1-8(2)10(11(13)16-19)12(18)15-5-4-9(17)14-6-7-20-3/h8,10,19H,4-7H2,1-3H3,(H2,13,16)(H,14,17)(H,15,18). The predicted molar refractivity (Wildman–Crippen MR) is 74.2 cm³/mol. The summed E-state index contributed by atoms with van der Waals surface area (Å²) in [7, 11) is 1.55. The van der Waals surface area contributed by atoms with Gasteiger partial charge in [-0.1, -0.05) is 19.0 Å². The molecular formula is C12H24N4O4. The van der Waals surface area contributed by atoms with E-state index in [0.29, 0.717) is 13.2 Å². The Kier molecular flexibility index (Phi) is 9.10. The predicted octanol–water partition coefficient (Wildman–Crippen LogP) is -0.726. The van der Waals surface area contributed by atoms with Gasteiger partial charge in [0.05, 0.1) is 6.61 Å². The minimum atomic E-state index is -0.712. The number of carbonyl (C=O) groups excluding carboxylic acids is 2. The van der Waals surface area contributed by atoms with Crippen LogP contribution in [0.4, 0.5) is 0 Å². The Bertz CT molecular complexity index is 344. The van der Waals surface area contributed by atoms with Crippen LogP contribution in [0, 0.1) is 11.8 Å². The molecule has 8 nitrogen and oxygen atoms in total. The van der Waals surface area contributed by atoms with Crippen molar-refractivity contribution in [3.8, 4) is 0 Å². The van der Waals surface area contributed by atoms with E-state index in [4.69, 9.17) is 15.7 Å². The zero-order valence-electron chi connectivity index (χ0n) is 12.2. The molecule has 5 N–H and O–H groups in total. The number of carbonyl (C=O) groups is 2. The van der Waals surface area contributed by atoms with Crippen LogP contribution in [0.3, 0.4) is 0 Å². The first-order chi connectivity index (χ1) is 9.43. The molecule has 116 valence electrons. The first-order valence-electron chi connectivity index (χ1n) is 6.44. The largest absolute Gasteiger partial charge is 0.409 e. The highest BCUT2D eigenvalue weighted by Crippen LogP contribution is 2.11. The number of rotatable bonds is 9. The summed E-state index contributed by atoms with van der Waals surface area (Å²) in [5.74, 6) is -1.49. The normalized spacial score (nSPS) is 13.1. The summed E-state index contributed by atoms with van der Waals surface area (Å²) in [4.78, 5) is 23.3. The van der Waals surface area contributed by atoms with Crippen molar-refractivity contribution in [3.63, 3.8) is 0 Å². The molecule has 20 heavy (non-hydrogen) atoms. The zero-order chi connectivity index (χ0) is 15.5. The highest BCUT2D eigenvalue weighted by atomic mass is 16.5. The Morgan fingerprint density at radius 1 is 1.30 bits per heavy atom. The zero-order valence-corrected chi connectivity index (χ0v) is 12.2. The molecule has 0 aromatic carbocycles. The van der Waals surface area contributed by atoms with Crippen LogP contribution in [-0.4, -0.2) is 49.7 Å². The number of hydrogen-bond donors (Lipinski definition) is 4. The average Bonchev–Trinajstić information content (AvgIpc) is 2.38. The third kappa shape index (κ3) is 6.93. The number of ether oxygens (including phenoxy) is 1. The Hall–Kier alpha value is -1.83. The van der Waals surface area contributed by atoms with Crippen molar-refractivity contribution in [2.24, 2.45) is 22.7 Å². The van der Waals surface area contributed by atoms with Crippen LogP contribution in [0.15, 0.2) is 5.16 Å². The van der Waals surface area contributed by atoms with E-state index in [2.05, 4.69) is 15.8 Å². The van der Waals surface area contributed by atoms with Gasteiger partial charge in [0.2, 0.25) is 11.8 Å². The van der Waals surface area contributed by atoms with E-state index < -0.39 is 5.92 Å². The number of nitrogens with two attached hydrogens (primary N) is 1. The molecule has 0 aliphatic heterocycles. The van der Waals surface area contributed by atoms with Crippen LogP contribution in [0.25, 0.3) is 0 Å². The molecule has 1 unspecified atom stereocenters. The Balaban J connectivity index is 4.11. The summed E-state index contributed by atoms with van der Waals surface area (Å²) in [6, 6.07) is 0. The molecule has 0 spiro atoms. The maximum Gasteiger partial charge on any atom is 0.231 e. The second-order valence-corrected chi connectivity index (χ2v) is 4.63. The summed E-state index contributed by atoms with van der Waals surface area (Å²) < 4.78 is 4.80. The lowest BCUT2D eigenvalue weighted by Gasteiger charge is -2.18. The number of amidine groups is 1. The van der Waals surface area contributed by atoms with E-state index in [9.17, 15) is 9.59 Å². The minimum absolute atomic E-state index is 0.110. The summed E-state index contributed by atoms with van der Waals surface area (Å²) in [5.41, 5.74) is 5.48. The molecule has 0 aliphatic carbocycles. The number of oxime groups is 1. The summed E-state index contributed by atoms with van der Waals surface area (Å²) >= 11 is 0. The van der Waals surface area contributed by atoms with E-state index in [1.165, 1.54) is 0 Å². The fourth-order valence-electron chi connectivity index (χ4n) is 1.63. The number of methoxy groups -OCH3 is 1. The third-order valence-electron chi connectivity index (χ3n) is 2.66. The second-order valence-electron chi connectivity index (χ2n) is 4.63. The molecule has 0 aromatic heterocycles. The number of nitrogens with one attached hydrogen (secondary N) is 2. The van der Waals surface area contributed by atoms with Gasteiger partial charge in [-0.05, 0) is 5.92 Å². The fraction of sp³-hybridized carbons (Fsp3) is 0.750. The maximum absolute atomic E-state index is 11.9. The third-order valence-corrected chi connectivity index (χ3v) is 2.66. The second kappa shape index (κ2) is 10.0. The van der Waals surface area contributed by atoms with Crippen LogP contribution in [0.2, 0.25) is 0 Å². The molecule has 0 saturated carbocycles. The van der Waals surface area contributed by atoms with Crippen LogP contribution in [0.1, 0.15) is 20.3 Å². The average molecular weight is 288 g/mol. The Labute approximate surface area is 118 Å². The van der Waals surface area contributed by atoms with E-state index in [-0.39, 0.29) is 36.5 Å². The van der Waals surface area contributed by atoms with Crippen molar-refractivity contribution in [1.82, 2.24) is 10.6 Å². The van der Waals surface area contributed by atoms with Crippen molar-refractivity contribution in [1.29, 1.82) is 0 Å². The van der Waals surface area contributed by atoms with Gasteiger partial charge in [0, 0.05) is 26.6 Å². The first-order valence-corrected chi connectivity index (χ1v) is 6.44. The fourth-order valence-corrected chi connectivity index (χ4v) is 1.63. The van der Waals surface area contributed by atoms with Gasteiger partial charge < -0.3 is 26.3 Å². The monoisotopic (exact) mass is 288 g/mol. The van der Waals surface area contributed by atoms with E-state index in [1.54, 1.807) is 21.0 Å². The van der Waals surface area contributed by atoms with Crippen LogP contribution in [-0.2, 0) is 14.3 Å². The maximum atomic E-state index is 11.9. The quantitative estimate of drug-likeness (QED) is 0.146. The summed E-state index contributed by atoms with van der Waals surface area (Å²) in [5, 5.41) is 16.7. The van der Waals surface area contributed by atoms with Crippen LogP contribution in [0.5, 0.6) is 0 Å². The molecular weight excluding hydrogens is 264 g/mol. The van der Waals surface area contributed by atoms with Crippen molar-refractivity contribution in [2.75, 3.05) is 26.8 Å². The molecule has 0 fully saturated rings. The molecule has 2 amide bonds. The highest BCUT2D eigenvalue weighted by molar-refractivity contribution is 6.02. The van der Waals surface area contributed by atoms with Gasteiger partial charge in [0.25, 0.3) is 0 Å². The number of amides is 2. The SMILES string of the molecule is COCCNC(=O)CCNC(=O)C(C(N)=NO)C(C)C. The van der Waals surface area contributed by atoms with Gasteiger partial charge >= 0.3 is 0 Å². The lowest BCUT2D eigenvalue weighted by molar-refractivity contribution is -0.124. The number of nitrogens with zero attached hydrogens (tertiary/aromatic N) is 1. The van der Waals surface area contributed by atoms with Crippen molar-refractivity contribution in [3.05, 3.63) is 0 Å². The minimum Gasteiger partial charge on any atom is -0.409 e. The van der Waals surface area contributed by atoms with Gasteiger partial charge in [-0.3, -0.25) is 9.59 Å². The first kappa shape index (κ1) is 18.2. The topological polar surface area (TPSA) is 126 Å². The Morgan fingerprint density at radius 3 is 2.45 bits per heavy atom. The molecule has 8 heteroatoms. The molecule has 0 saturated heterocycles. The van der Waals surface area contributed by atoms with E-state index >= 15 is 0 Å². The smallest absolute Gasteiger partial charge is 0.231 e. The number of hydrogen-bond acceptors (Lipinski definition) is 5. The molecule has 0 aliphatic rings. The molecule has 0 rings (SSSR count). The van der Waals surface area contributed by atoms with E-state index in [0.717, 1.165) is 0 Å². The van der Waals surface area contributed by atoms with Crippen LogP contribution < -0.4 is 16.4 Å². The van der Waals surface area contributed by atoms with Gasteiger partial charge in [-0.15, -0.1) is 0 Å².